The standard InChI is InChI=1S/C32H25FN4O4S/c33-25-14-16-26(17-15-25)35-30(38)22-41-28-13-5-4-11-24(28)20-29-31(39)37(21-27-12-7-19-40-27)32(42-29)36-34-18-6-10-23-8-2-1-3-9-23/h1-20H,21-22H2,(H,35,38)/b10-6+,29-20-,34-18-,36-32+. The number of rotatable bonds is 10. The van der Waals surface area contributed by atoms with E-state index in [-0.39, 0.29) is 19.1 Å². The van der Waals surface area contributed by atoms with Gasteiger partial charge in [-0.2, -0.15) is 5.10 Å². The van der Waals surface area contributed by atoms with Gasteiger partial charge >= 0.3 is 0 Å². The predicted octanol–water partition coefficient (Wildman–Crippen LogP) is 6.61. The third-order valence-electron chi connectivity index (χ3n) is 5.86. The molecule has 0 aliphatic carbocycles. The lowest BCUT2D eigenvalue weighted by atomic mass is 10.2. The number of nitrogens with zero attached hydrogens (tertiary/aromatic N) is 3. The van der Waals surface area contributed by atoms with Crippen LogP contribution in [0.1, 0.15) is 16.9 Å². The molecule has 10 heteroatoms. The zero-order chi connectivity index (χ0) is 29.1. The minimum Gasteiger partial charge on any atom is -0.483 e. The summed E-state index contributed by atoms with van der Waals surface area (Å²) in [4.78, 5) is 27.7. The third-order valence-corrected chi connectivity index (χ3v) is 6.86. The lowest BCUT2D eigenvalue weighted by Gasteiger charge is -2.12. The molecule has 1 fully saturated rings. The monoisotopic (exact) mass is 580 g/mol. The number of anilines is 1. The number of benzene rings is 3. The zero-order valence-corrected chi connectivity index (χ0v) is 23.0. The van der Waals surface area contributed by atoms with Crippen molar-refractivity contribution >= 4 is 52.8 Å². The van der Waals surface area contributed by atoms with E-state index >= 15 is 0 Å². The molecule has 0 unspecified atom stereocenters. The van der Waals surface area contributed by atoms with E-state index in [0.29, 0.717) is 32.8 Å². The molecule has 0 spiro atoms. The summed E-state index contributed by atoms with van der Waals surface area (Å²) in [6.45, 7) is -0.0900. The predicted molar refractivity (Wildman–Crippen MR) is 163 cm³/mol. The second-order valence-electron chi connectivity index (χ2n) is 8.88. The molecule has 1 aliphatic heterocycles. The van der Waals surface area contributed by atoms with Crippen molar-refractivity contribution in [2.45, 2.75) is 6.54 Å². The van der Waals surface area contributed by atoms with Gasteiger partial charge in [0.2, 0.25) is 0 Å². The summed E-state index contributed by atoms with van der Waals surface area (Å²) in [6.07, 6.45) is 8.46. The number of ether oxygens (including phenoxy) is 1. The van der Waals surface area contributed by atoms with Crippen LogP contribution in [-0.2, 0) is 16.1 Å². The van der Waals surface area contributed by atoms with Crippen LogP contribution in [0, 0.1) is 5.82 Å². The number of carbonyl (C=O) groups excluding carboxylic acids is 2. The minimum atomic E-state index is -0.409. The quantitative estimate of drug-likeness (QED) is 0.129. The Bertz CT molecular complexity index is 1650. The van der Waals surface area contributed by atoms with Crippen LogP contribution in [0.25, 0.3) is 12.2 Å². The Labute approximate surface area is 245 Å². The lowest BCUT2D eigenvalue weighted by molar-refractivity contribution is -0.122. The van der Waals surface area contributed by atoms with Crippen LogP contribution in [0.15, 0.2) is 123 Å². The SMILES string of the molecule is O=C(COc1ccccc1/C=C1\S/C(=N/N=C\C=C\c2ccccc2)N(Cc2ccco2)C1=O)Nc1ccc(F)cc1. The van der Waals surface area contributed by atoms with E-state index in [4.69, 9.17) is 9.15 Å². The normalized spacial score (nSPS) is 15.4. The van der Waals surface area contributed by atoms with E-state index in [0.717, 1.165) is 5.56 Å². The van der Waals surface area contributed by atoms with Crippen molar-refractivity contribution in [2.75, 3.05) is 11.9 Å². The van der Waals surface area contributed by atoms with E-state index in [1.807, 2.05) is 36.4 Å². The molecule has 1 aliphatic rings. The van der Waals surface area contributed by atoms with Crippen LogP contribution >= 0.6 is 11.8 Å². The number of carbonyl (C=O) groups is 2. The van der Waals surface area contributed by atoms with E-state index < -0.39 is 11.7 Å². The van der Waals surface area contributed by atoms with Gasteiger partial charge in [0.15, 0.2) is 11.8 Å². The fourth-order valence-corrected chi connectivity index (χ4v) is 4.79. The van der Waals surface area contributed by atoms with Crippen molar-refractivity contribution in [3.8, 4) is 5.75 Å². The zero-order valence-electron chi connectivity index (χ0n) is 22.2. The van der Waals surface area contributed by atoms with Gasteiger partial charge < -0.3 is 14.5 Å². The molecule has 2 amide bonds. The molecule has 8 nitrogen and oxygen atoms in total. The van der Waals surface area contributed by atoms with Gasteiger partial charge in [0.25, 0.3) is 11.8 Å². The Morgan fingerprint density at radius 1 is 1.00 bits per heavy atom. The van der Waals surface area contributed by atoms with Gasteiger partial charge in [-0.15, -0.1) is 5.10 Å². The number of halogens is 1. The molecule has 210 valence electrons. The molecule has 3 aromatic carbocycles. The highest BCUT2D eigenvalue weighted by Crippen LogP contribution is 2.35. The average Bonchev–Trinajstić information content (AvgIpc) is 3.62. The van der Waals surface area contributed by atoms with Gasteiger partial charge in [0.1, 0.15) is 17.3 Å². The molecule has 1 saturated heterocycles. The minimum absolute atomic E-state index is 0.187. The maximum atomic E-state index is 13.4. The summed E-state index contributed by atoms with van der Waals surface area (Å²) in [5.41, 5.74) is 2.09. The van der Waals surface area contributed by atoms with Gasteiger partial charge in [0.05, 0.1) is 17.7 Å². The first kappa shape index (κ1) is 28.3. The van der Waals surface area contributed by atoms with Crippen LogP contribution in [0.5, 0.6) is 5.75 Å². The summed E-state index contributed by atoms with van der Waals surface area (Å²) in [7, 11) is 0. The number of amides is 2. The second kappa shape index (κ2) is 13.9. The molecule has 0 atom stereocenters. The maximum absolute atomic E-state index is 13.4. The van der Waals surface area contributed by atoms with Crippen molar-refractivity contribution in [3.05, 3.63) is 131 Å². The molecule has 0 radical (unpaired) electrons. The van der Waals surface area contributed by atoms with Crippen molar-refractivity contribution < 1.29 is 23.1 Å². The highest BCUT2D eigenvalue weighted by molar-refractivity contribution is 8.18. The van der Waals surface area contributed by atoms with Gasteiger partial charge in [-0.1, -0.05) is 54.6 Å². The topological polar surface area (TPSA) is 96.5 Å². The van der Waals surface area contributed by atoms with Gasteiger partial charge in [-0.25, -0.2) is 4.39 Å². The van der Waals surface area contributed by atoms with Gasteiger partial charge in [0, 0.05) is 17.5 Å². The van der Waals surface area contributed by atoms with Crippen LogP contribution in [0.3, 0.4) is 0 Å². The Morgan fingerprint density at radius 3 is 2.57 bits per heavy atom. The first-order valence-corrected chi connectivity index (χ1v) is 13.7. The third kappa shape index (κ3) is 7.70. The highest BCUT2D eigenvalue weighted by atomic mass is 32.2. The molecule has 2 heterocycles. The van der Waals surface area contributed by atoms with E-state index in [1.54, 1.807) is 61.0 Å². The summed E-state index contributed by atoms with van der Waals surface area (Å²) < 4.78 is 24.4. The molecular weight excluding hydrogens is 555 g/mol. The first-order chi connectivity index (χ1) is 20.5. The summed E-state index contributed by atoms with van der Waals surface area (Å²) in [5.74, 6) is -0.0581. The number of para-hydroxylation sites is 1. The number of hydrogen-bond donors (Lipinski definition) is 1. The van der Waals surface area contributed by atoms with Crippen molar-refractivity contribution in [1.29, 1.82) is 0 Å². The number of nitrogens with one attached hydrogen (secondary N) is 1. The number of allylic oxidation sites excluding steroid dienone is 1. The molecule has 0 bridgehead atoms. The number of hydrogen-bond acceptors (Lipinski definition) is 7. The van der Waals surface area contributed by atoms with Gasteiger partial charge in [-0.3, -0.25) is 14.5 Å². The molecule has 1 N–H and O–H groups in total. The van der Waals surface area contributed by atoms with Crippen LogP contribution < -0.4 is 10.1 Å². The first-order valence-electron chi connectivity index (χ1n) is 12.9. The molecule has 4 aromatic rings. The molecule has 5 rings (SSSR count). The summed E-state index contributed by atoms with van der Waals surface area (Å²) in [5, 5.41) is 11.5. The van der Waals surface area contributed by atoms with E-state index in [2.05, 4.69) is 15.5 Å². The number of furan rings is 1. The van der Waals surface area contributed by atoms with E-state index in [9.17, 15) is 14.0 Å². The molecular formula is C32H25FN4O4S. The van der Waals surface area contributed by atoms with Crippen LogP contribution in [0.4, 0.5) is 10.1 Å². The largest absolute Gasteiger partial charge is 0.483 e. The Kier molecular flexibility index (Phi) is 9.38. The smallest absolute Gasteiger partial charge is 0.267 e. The Balaban J connectivity index is 1.31. The average molecular weight is 581 g/mol. The fourth-order valence-electron chi connectivity index (χ4n) is 3.87. The Morgan fingerprint density at radius 2 is 1.79 bits per heavy atom. The van der Waals surface area contributed by atoms with E-state index in [1.165, 1.54) is 40.9 Å². The Hall–Kier alpha value is -5.22. The van der Waals surface area contributed by atoms with Crippen LogP contribution in [0.2, 0.25) is 0 Å². The number of thioether (sulfide) groups is 1. The van der Waals surface area contributed by atoms with Crippen LogP contribution in [-0.4, -0.2) is 34.7 Å². The fraction of sp³-hybridized carbons (Fsp3) is 0.0625. The molecule has 1 aromatic heterocycles. The second-order valence-corrected chi connectivity index (χ2v) is 9.89. The van der Waals surface area contributed by atoms with Gasteiger partial charge in [-0.05, 0) is 71.9 Å². The summed E-state index contributed by atoms with van der Waals surface area (Å²) >= 11 is 1.18. The van der Waals surface area contributed by atoms with Crippen molar-refractivity contribution in [2.24, 2.45) is 10.2 Å². The summed E-state index contributed by atoms with van der Waals surface area (Å²) in [6, 6.07) is 25.8. The lowest BCUT2D eigenvalue weighted by Crippen LogP contribution is -2.28. The van der Waals surface area contributed by atoms with Crippen molar-refractivity contribution in [1.82, 2.24) is 4.90 Å². The highest BCUT2D eigenvalue weighted by Gasteiger charge is 2.34. The van der Waals surface area contributed by atoms with Crippen molar-refractivity contribution in [3.63, 3.8) is 0 Å². The number of amidine groups is 1. The molecule has 42 heavy (non-hydrogen) atoms. The maximum Gasteiger partial charge on any atom is 0.267 e. The molecule has 0 saturated carbocycles.